The van der Waals surface area contributed by atoms with Crippen molar-refractivity contribution in [2.24, 2.45) is 5.41 Å². The zero-order valence-electron chi connectivity index (χ0n) is 10.2. The van der Waals surface area contributed by atoms with Crippen LogP contribution in [0.25, 0.3) is 0 Å². The van der Waals surface area contributed by atoms with Gasteiger partial charge in [0.1, 0.15) is 6.29 Å². The molecule has 0 N–H and O–H groups in total. The van der Waals surface area contributed by atoms with Crippen LogP contribution in [-0.2, 0) is 9.53 Å². The lowest BCUT2D eigenvalue weighted by Crippen LogP contribution is -2.42. The second-order valence-corrected chi connectivity index (χ2v) is 5.04. The third kappa shape index (κ3) is 4.31. The van der Waals surface area contributed by atoms with Crippen molar-refractivity contribution < 1.29 is 9.53 Å². The summed E-state index contributed by atoms with van der Waals surface area (Å²) in [6.45, 7) is 9.83. The van der Waals surface area contributed by atoms with Gasteiger partial charge >= 0.3 is 0 Å². The monoisotopic (exact) mass is 213 g/mol. The summed E-state index contributed by atoms with van der Waals surface area (Å²) in [5, 5.41) is 0. The molecular formula is C12H23NO2. The van der Waals surface area contributed by atoms with Crippen LogP contribution in [-0.4, -0.2) is 43.5 Å². The summed E-state index contributed by atoms with van der Waals surface area (Å²) in [5.41, 5.74) is -0.210. The Hall–Kier alpha value is -0.410. The van der Waals surface area contributed by atoms with Gasteiger partial charge in [0.15, 0.2) is 0 Å². The predicted octanol–water partition coefficient (Wildman–Crippen LogP) is 1.71. The largest absolute Gasteiger partial charge is 0.378 e. The highest BCUT2D eigenvalue weighted by Gasteiger charge is 2.25. The maximum absolute atomic E-state index is 10.8. The summed E-state index contributed by atoms with van der Waals surface area (Å²) in [6.07, 6.45) is 3.69. The van der Waals surface area contributed by atoms with Gasteiger partial charge < -0.3 is 14.4 Å². The van der Waals surface area contributed by atoms with Crippen molar-refractivity contribution >= 4 is 6.29 Å². The molecule has 15 heavy (non-hydrogen) atoms. The molecule has 0 amide bonds. The molecule has 0 atom stereocenters. The highest BCUT2D eigenvalue weighted by Crippen LogP contribution is 2.19. The van der Waals surface area contributed by atoms with Crippen LogP contribution in [0.2, 0.25) is 0 Å². The minimum Gasteiger partial charge on any atom is -0.378 e. The van der Waals surface area contributed by atoms with E-state index in [1.165, 1.54) is 0 Å². The van der Waals surface area contributed by atoms with E-state index in [1.54, 1.807) is 0 Å². The fourth-order valence-electron chi connectivity index (χ4n) is 2.08. The van der Waals surface area contributed by atoms with Gasteiger partial charge in [-0.1, -0.05) is 13.8 Å². The molecular weight excluding hydrogens is 190 g/mol. The molecule has 1 rings (SSSR count). The minimum atomic E-state index is -0.210. The zero-order valence-corrected chi connectivity index (χ0v) is 10.2. The van der Waals surface area contributed by atoms with Crippen molar-refractivity contribution in [1.82, 2.24) is 4.90 Å². The van der Waals surface area contributed by atoms with E-state index in [0.717, 1.165) is 45.4 Å². The molecule has 1 aliphatic heterocycles. The number of aldehydes is 1. The van der Waals surface area contributed by atoms with Gasteiger partial charge in [0.05, 0.1) is 6.10 Å². The molecule has 1 aliphatic rings. The average molecular weight is 213 g/mol. The summed E-state index contributed by atoms with van der Waals surface area (Å²) in [7, 11) is 0. The molecule has 0 aliphatic carbocycles. The topological polar surface area (TPSA) is 29.5 Å². The minimum absolute atomic E-state index is 0.210. The fraction of sp³-hybridized carbons (Fsp3) is 0.917. The van der Waals surface area contributed by atoms with Gasteiger partial charge in [0, 0.05) is 31.7 Å². The van der Waals surface area contributed by atoms with Crippen molar-refractivity contribution in [1.29, 1.82) is 0 Å². The number of carbonyl (C=O) groups excluding carboxylic acids is 1. The first-order chi connectivity index (χ1) is 7.07. The van der Waals surface area contributed by atoms with Gasteiger partial charge in [0.2, 0.25) is 0 Å². The Labute approximate surface area is 92.8 Å². The summed E-state index contributed by atoms with van der Waals surface area (Å²) in [5.74, 6) is 0. The summed E-state index contributed by atoms with van der Waals surface area (Å²) >= 11 is 0. The predicted molar refractivity (Wildman–Crippen MR) is 60.9 cm³/mol. The van der Waals surface area contributed by atoms with Crippen LogP contribution < -0.4 is 0 Å². The Morgan fingerprint density at radius 1 is 1.40 bits per heavy atom. The number of ether oxygens (including phenoxy) is 1. The van der Waals surface area contributed by atoms with Gasteiger partial charge in [-0.05, 0) is 19.8 Å². The van der Waals surface area contributed by atoms with E-state index in [-0.39, 0.29) is 5.41 Å². The molecule has 0 saturated carbocycles. The smallest absolute Gasteiger partial charge is 0.126 e. The average Bonchev–Trinajstić information content (AvgIpc) is 2.21. The lowest BCUT2D eigenvalue weighted by atomic mass is 9.94. The maximum atomic E-state index is 10.8. The Balaban J connectivity index is 2.28. The van der Waals surface area contributed by atoms with Gasteiger partial charge in [-0.15, -0.1) is 0 Å². The lowest BCUT2D eigenvalue weighted by Gasteiger charge is -2.35. The van der Waals surface area contributed by atoms with Crippen LogP contribution >= 0.6 is 0 Å². The highest BCUT2D eigenvalue weighted by molar-refractivity contribution is 5.58. The normalized spacial score (nSPS) is 20.5. The van der Waals surface area contributed by atoms with E-state index in [1.807, 2.05) is 20.8 Å². The number of hydrogen-bond donors (Lipinski definition) is 0. The third-order valence-corrected chi connectivity index (χ3v) is 2.89. The van der Waals surface area contributed by atoms with Crippen LogP contribution in [0.1, 0.15) is 33.6 Å². The summed E-state index contributed by atoms with van der Waals surface area (Å²) < 4.78 is 5.59. The molecule has 1 heterocycles. The molecule has 0 unspecified atom stereocenters. The highest BCUT2D eigenvalue weighted by atomic mass is 16.5. The van der Waals surface area contributed by atoms with Gasteiger partial charge in [-0.2, -0.15) is 0 Å². The van der Waals surface area contributed by atoms with E-state index < -0.39 is 0 Å². The first-order valence-corrected chi connectivity index (χ1v) is 5.87. The van der Waals surface area contributed by atoms with Crippen molar-refractivity contribution in [3.05, 3.63) is 0 Å². The van der Waals surface area contributed by atoms with Crippen LogP contribution in [0.3, 0.4) is 0 Å². The van der Waals surface area contributed by atoms with Crippen molar-refractivity contribution in [3.8, 4) is 0 Å². The molecule has 88 valence electrons. The fourth-order valence-corrected chi connectivity index (χ4v) is 2.08. The van der Waals surface area contributed by atoms with Crippen LogP contribution in [0.5, 0.6) is 0 Å². The molecule has 3 nitrogen and oxygen atoms in total. The Kier molecular flexibility index (Phi) is 4.74. The standard InChI is InChI=1S/C12H23NO2/c1-4-15-11-5-7-13(8-6-11)9-12(2,3)10-14/h10-11H,4-9H2,1-3H3. The molecule has 0 spiro atoms. The van der Waals surface area contributed by atoms with Crippen molar-refractivity contribution in [2.45, 2.75) is 39.7 Å². The molecule has 0 radical (unpaired) electrons. The Morgan fingerprint density at radius 3 is 2.47 bits per heavy atom. The van der Waals surface area contributed by atoms with Gasteiger partial charge in [-0.25, -0.2) is 0 Å². The molecule has 0 aromatic rings. The Morgan fingerprint density at radius 2 is 2.00 bits per heavy atom. The molecule has 1 saturated heterocycles. The third-order valence-electron chi connectivity index (χ3n) is 2.89. The molecule has 1 fully saturated rings. The van der Waals surface area contributed by atoms with Crippen LogP contribution in [0, 0.1) is 5.41 Å². The number of piperidine rings is 1. The number of nitrogens with zero attached hydrogens (tertiary/aromatic N) is 1. The summed E-state index contributed by atoms with van der Waals surface area (Å²) in [4.78, 5) is 13.2. The molecule has 0 aromatic heterocycles. The first-order valence-electron chi connectivity index (χ1n) is 5.87. The zero-order chi connectivity index (χ0) is 11.3. The second-order valence-electron chi connectivity index (χ2n) is 5.04. The number of hydrogen-bond acceptors (Lipinski definition) is 3. The number of likely N-dealkylation sites (tertiary alicyclic amines) is 1. The maximum Gasteiger partial charge on any atom is 0.126 e. The lowest BCUT2D eigenvalue weighted by molar-refractivity contribution is -0.116. The molecule has 0 bridgehead atoms. The van der Waals surface area contributed by atoms with E-state index in [4.69, 9.17) is 4.74 Å². The van der Waals surface area contributed by atoms with E-state index in [2.05, 4.69) is 4.90 Å². The first kappa shape index (κ1) is 12.7. The van der Waals surface area contributed by atoms with Crippen LogP contribution in [0.15, 0.2) is 0 Å². The Bertz CT molecular complexity index is 196. The van der Waals surface area contributed by atoms with Gasteiger partial charge in [-0.3, -0.25) is 0 Å². The molecule has 0 aromatic carbocycles. The van der Waals surface area contributed by atoms with E-state index >= 15 is 0 Å². The quantitative estimate of drug-likeness (QED) is 0.651. The number of carbonyl (C=O) groups is 1. The summed E-state index contributed by atoms with van der Waals surface area (Å²) in [6, 6.07) is 0. The van der Waals surface area contributed by atoms with Crippen molar-refractivity contribution in [2.75, 3.05) is 26.2 Å². The van der Waals surface area contributed by atoms with Gasteiger partial charge in [0.25, 0.3) is 0 Å². The van der Waals surface area contributed by atoms with E-state index in [9.17, 15) is 4.79 Å². The van der Waals surface area contributed by atoms with Crippen LogP contribution in [0.4, 0.5) is 0 Å². The molecule has 3 heteroatoms. The van der Waals surface area contributed by atoms with E-state index in [0.29, 0.717) is 6.10 Å². The second kappa shape index (κ2) is 5.61. The SMILES string of the molecule is CCOC1CCN(CC(C)(C)C=O)CC1. The number of rotatable bonds is 5. The van der Waals surface area contributed by atoms with Crippen molar-refractivity contribution in [3.63, 3.8) is 0 Å².